The molecule has 2 aromatic carbocycles. The number of para-hydroxylation sites is 1. The maximum Gasteiger partial charge on any atom is 0.279 e. The summed E-state index contributed by atoms with van der Waals surface area (Å²) in [5.74, 6) is 0.991. The van der Waals surface area contributed by atoms with Gasteiger partial charge in [0.05, 0.1) is 19.3 Å². The van der Waals surface area contributed by atoms with E-state index < -0.39 is 11.5 Å². The molecule has 7 nitrogen and oxygen atoms in total. The number of hydrogen-bond acceptors (Lipinski definition) is 6. The van der Waals surface area contributed by atoms with Gasteiger partial charge in [0.25, 0.3) is 5.56 Å². The Kier molecular flexibility index (Phi) is 7.21. The van der Waals surface area contributed by atoms with Crippen molar-refractivity contribution in [3.8, 4) is 11.5 Å². The third-order valence-electron chi connectivity index (χ3n) is 5.64. The van der Waals surface area contributed by atoms with Gasteiger partial charge in [0, 0.05) is 30.7 Å². The summed E-state index contributed by atoms with van der Waals surface area (Å²) in [5.41, 5.74) is 1.63. The van der Waals surface area contributed by atoms with Crippen LogP contribution in [-0.2, 0) is 17.6 Å². The van der Waals surface area contributed by atoms with Crippen LogP contribution in [0.1, 0.15) is 42.4 Å². The van der Waals surface area contributed by atoms with Crippen LogP contribution in [0, 0.1) is 5.82 Å². The van der Waals surface area contributed by atoms with Gasteiger partial charge in [0.1, 0.15) is 11.6 Å². The first-order chi connectivity index (χ1) is 16.4. The second-order valence-corrected chi connectivity index (χ2v) is 8.91. The van der Waals surface area contributed by atoms with Crippen LogP contribution in [0.2, 0.25) is 0 Å². The monoisotopic (exact) mass is 483 g/mol. The number of thioether (sulfide) groups is 1. The Hall–Kier alpha value is -3.33. The molecule has 0 radical (unpaired) electrons. The van der Waals surface area contributed by atoms with Crippen molar-refractivity contribution >= 4 is 23.5 Å². The van der Waals surface area contributed by atoms with Gasteiger partial charge in [-0.1, -0.05) is 43.0 Å². The van der Waals surface area contributed by atoms with Crippen molar-refractivity contribution in [3.05, 3.63) is 75.3 Å². The first-order valence-electron chi connectivity index (χ1n) is 11.0. The number of hydrogen-bond donors (Lipinski definition) is 1. The largest absolute Gasteiger partial charge is 0.493 e. The van der Waals surface area contributed by atoms with Crippen LogP contribution in [-0.4, -0.2) is 29.2 Å². The number of ether oxygens (including phenoxy) is 2. The lowest BCUT2D eigenvalue weighted by Gasteiger charge is -2.29. The number of amides is 1. The van der Waals surface area contributed by atoms with Crippen LogP contribution in [0.25, 0.3) is 0 Å². The van der Waals surface area contributed by atoms with Crippen LogP contribution in [0.3, 0.4) is 0 Å². The minimum Gasteiger partial charge on any atom is -0.493 e. The second kappa shape index (κ2) is 10.3. The Balaban J connectivity index is 1.74. The quantitative estimate of drug-likeness (QED) is 0.376. The number of halogens is 1. The van der Waals surface area contributed by atoms with E-state index in [0.717, 1.165) is 17.5 Å². The van der Waals surface area contributed by atoms with Crippen LogP contribution in [0.4, 0.5) is 10.2 Å². The molecule has 0 bridgehead atoms. The summed E-state index contributed by atoms with van der Waals surface area (Å²) in [6.45, 7) is 2.48. The first-order valence-corrected chi connectivity index (χ1v) is 12.0. The number of nitrogens with one attached hydrogen (secondary N) is 1. The smallest absolute Gasteiger partial charge is 0.279 e. The zero-order valence-corrected chi connectivity index (χ0v) is 20.1. The Bertz CT molecular complexity index is 1260. The molecule has 2 heterocycles. The second-order valence-electron chi connectivity index (χ2n) is 7.97. The minimum absolute atomic E-state index is 0.0989. The van der Waals surface area contributed by atoms with E-state index in [0.29, 0.717) is 40.4 Å². The van der Waals surface area contributed by atoms with Crippen LogP contribution in [0.15, 0.2) is 52.4 Å². The third-order valence-corrected chi connectivity index (χ3v) is 6.74. The molecular weight excluding hydrogens is 457 g/mol. The number of benzene rings is 2. The normalized spacial score (nSPS) is 14.9. The van der Waals surface area contributed by atoms with Gasteiger partial charge in [-0.05, 0) is 30.2 Å². The number of aromatic nitrogens is 2. The zero-order chi connectivity index (χ0) is 24.2. The van der Waals surface area contributed by atoms with Crippen molar-refractivity contribution in [1.82, 2.24) is 9.55 Å². The van der Waals surface area contributed by atoms with E-state index in [4.69, 9.17) is 9.47 Å². The predicted octanol–water partition coefficient (Wildman–Crippen LogP) is 4.48. The summed E-state index contributed by atoms with van der Waals surface area (Å²) in [5, 5.41) is 3.32. The van der Waals surface area contributed by atoms with Gasteiger partial charge in [-0.3, -0.25) is 9.59 Å². The summed E-state index contributed by atoms with van der Waals surface area (Å²) in [6, 6.07) is 11.7. The summed E-state index contributed by atoms with van der Waals surface area (Å²) in [7, 11) is 3.33. The fourth-order valence-electron chi connectivity index (χ4n) is 3.99. The van der Waals surface area contributed by atoms with Gasteiger partial charge >= 0.3 is 0 Å². The lowest BCUT2D eigenvalue weighted by molar-refractivity contribution is -0.116. The Morgan fingerprint density at radius 3 is 2.68 bits per heavy atom. The molecule has 3 aromatic rings. The highest BCUT2D eigenvalue weighted by Gasteiger charge is 2.34. The van der Waals surface area contributed by atoms with Crippen molar-refractivity contribution < 1.29 is 18.7 Å². The SMILES string of the molecule is CCCOc1c(OC)cccc1[C@H]1CC(=O)Nc2c1c(=O)nc(SCc1ccc(F)cc1)n2C. The van der Waals surface area contributed by atoms with E-state index >= 15 is 0 Å². The van der Waals surface area contributed by atoms with Crippen LogP contribution < -0.4 is 20.3 Å². The predicted molar refractivity (Wildman–Crippen MR) is 129 cm³/mol. The molecule has 0 aliphatic carbocycles. The molecule has 34 heavy (non-hydrogen) atoms. The number of methoxy groups -OCH3 is 1. The number of carbonyl (C=O) groups excluding carboxylic acids is 1. The third kappa shape index (κ3) is 4.79. The molecule has 4 rings (SSSR count). The topological polar surface area (TPSA) is 82.4 Å². The summed E-state index contributed by atoms with van der Waals surface area (Å²) in [6.07, 6.45) is 0.902. The minimum atomic E-state index is -0.520. The molecular formula is C25H26FN3O4S. The molecule has 0 unspecified atom stereocenters. The van der Waals surface area contributed by atoms with Crippen molar-refractivity contribution in [2.45, 2.75) is 36.6 Å². The molecule has 9 heteroatoms. The van der Waals surface area contributed by atoms with Gasteiger partial charge in [-0.15, -0.1) is 0 Å². The Labute approximate surface area is 201 Å². The molecule has 1 amide bonds. The Morgan fingerprint density at radius 1 is 1.21 bits per heavy atom. The maximum atomic E-state index is 13.3. The van der Waals surface area contributed by atoms with E-state index in [1.165, 1.54) is 23.9 Å². The number of carbonyl (C=O) groups is 1. The molecule has 0 saturated carbocycles. The summed E-state index contributed by atoms with van der Waals surface area (Å²) < 4.78 is 26.4. The molecule has 178 valence electrons. The lowest BCUT2D eigenvalue weighted by atomic mass is 9.86. The maximum absolute atomic E-state index is 13.3. The van der Waals surface area contributed by atoms with Crippen LogP contribution >= 0.6 is 11.8 Å². The lowest BCUT2D eigenvalue weighted by Crippen LogP contribution is -2.33. The highest BCUT2D eigenvalue weighted by atomic mass is 32.2. The standard InChI is InChI=1S/C25H26FN3O4S/c1-4-12-33-22-17(6-5-7-19(22)32-3)18-13-20(30)27-23-21(18)24(31)28-25(29(23)2)34-14-15-8-10-16(26)11-9-15/h5-11,18H,4,12-14H2,1-3H3,(H,27,30)/t18-/m1/s1. The van der Waals surface area contributed by atoms with Crippen molar-refractivity contribution in [1.29, 1.82) is 0 Å². The Morgan fingerprint density at radius 2 is 1.97 bits per heavy atom. The van der Waals surface area contributed by atoms with Gasteiger partial charge in [0.2, 0.25) is 5.91 Å². The highest BCUT2D eigenvalue weighted by Crippen LogP contribution is 2.43. The van der Waals surface area contributed by atoms with Crippen molar-refractivity contribution in [3.63, 3.8) is 0 Å². The van der Waals surface area contributed by atoms with Gasteiger partial charge < -0.3 is 19.4 Å². The molecule has 1 aliphatic rings. The van der Waals surface area contributed by atoms with Gasteiger partial charge in [-0.2, -0.15) is 4.98 Å². The molecule has 1 aromatic heterocycles. The summed E-state index contributed by atoms with van der Waals surface area (Å²) >= 11 is 1.34. The number of rotatable bonds is 8. The highest BCUT2D eigenvalue weighted by molar-refractivity contribution is 7.98. The molecule has 1 N–H and O–H groups in total. The average Bonchev–Trinajstić information content (AvgIpc) is 2.84. The van der Waals surface area contributed by atoms with Crippen molar-refractivity contribution in [2.24, 2.45) is 7.05 Å². The van der Waals surface area contributed by atoms with E-state index in [-0.39, 0.29) is 18.1 Å². The first kappa shape index (κ1) is 23.8. The van der Waals surface area contributed by atoms with Gasteiger partial charge in [-0.25, -0.2) is 4.39 Å². The summed E-state index contributed by atoms with van der Waals surface area (Å²) in [4.78, 5) is 30.3. The van der Waals surface area contributed by atoms with E-state index in [1.807, 2.05) is 19.1 Å². The number of fused-ring (bicyclic) bond motifs is 1. The van der Waals surface area contributed by atoms with E-state index in [1.54, 1.807) is 36.9 Å². The van der Waals surface area contributed by atoms with Crippen molar-refractivity contribution in [2.75, 3.05) is 19.0 Å². The molecule has 0 fully saturated rings. The fourth-order valence-corrected chi connectivity index (χ4v) is 4.91. The molecule has 1 aliphatic heterocycles. The van der Waals surface area contributed by atoms with Crippen LogP contribution in [0.5, 0.6) is 11.5 Å². The zero-order valence-electron chi connectivity index (χ0n) is 19.3. The number of anilines is 1. The van der Waals surface area contributed by atoms with Gasteiger partial charge in [0.15, 0.2) is 16.7 Å². The number of nitrogens with zero attached hydrogens (tertiary/aromatic N) is 2. The van der Waals surface area contributed by atoms with E-state index in [9.17, 15) is 14.0 Å². The molecule has 1 atom stereocenters. The molecule has 0 saturated heterocycles. The fraction of sp³-hybridized carbons (Fsp3) is 0.320. The molecule has 0 spiro atoms. The van der Waals surface area contributed by atoms with E-state index in [2.05, 4.69) is 10.3 Å². The average molecular weight is 484 g/mol.